The Bertz CT molecular complexity index is 1250. The summed E-state index contributed by atoms with van der Waals surface area (Å²) in [6.07, 6.45) is -0.392. The number of nitrogens with zero attached hydrogens (tertiary/aromatic N) is 3. The molecule has 2 heterocycles. The van der Waals surface area contributed by atoms with E-state index in [2.05, 4.69) is 15.5 Å². The number of benzene rings is 2. The average Bonchev–Trinajstić information content (AvgIpc) is 3.29. The van der Waals surface area contributed by atoms with Crippen LogP contribution < -0.4 is 5.32 Å². The highest BCUT2D eigenvalue weighted by atomic mass is 32.2. The predicted molar refractivity (Wildman–Crippen MR) is 121 cm³/mol. The number of halogens is 1. The number of carbonyl (C=O) groups excluding carboxylic acids is 1. The number of aromatic nitrogens is 2. The van der Waals surface area contributed by atoms with Crippen molar-refractivity contribution >= 4 is 15.9 Å². The molecule has 1 N–H and O–H groups in total. The molecule has 2 aromatic carbocycles. The third-order valence-corrected chi connectivity index (χ3v) is 7.25. The molecule has 34 heavy (non-hydrogen) atoms. The Hall–Kier alpha value is -3.15. The summed E-state index contributed by atoms with van der Waals surface area (Å²) in [6, 6.07) is 10.8. The van der Waals surface area contributed by atoms with Gasteiger partial charge in [0.25, 0.3) is 5.91 Å². The summed E-state index contributed by atoms with van der Waals surface area (Å²) in [6.45, 7) is 5.89. The van der Waals surface area contributed by atoms with E-state index in [0.717, 1.165) is 0 Å². The zero-order valence-corrected chi connectivity index (χ0v) is 19.8. The lowest BCUT2D eigenvalue weighted by Gasteiger charge is -2.34. The molecular weight excluding hydrogens is 463 g/mol. The number of hydrogen-bond acceptors (Lipinski definition) is 7. The van der Waals surface area contributed by atoms with Gasteiger partial charge in [-0.05, 0) is 69.3 Å². The van der Waals surface area contributed by atoms with E-state index < -0.39 is 22.0 Å². The van der Waals surface area contributed by atoms with Crippen LogP contribution in [0, 0.1) is 5.82 Å². The first kappa shape index (κ1) is 24.0. The van der Waals surface area contributed by atoms with Crippen molar-refractivity contribution in [3.63, 3.8) is 0 Å². The maximum atomic E-state index is 13.1. The van der Waals surface area contributed by atoms with Crippen LogP contribution in [0.3, 0.4) is 0 Å². The van der Waals surface area contributed by atoms with E-state index in [1.165, 1.54) is 52.8 Å². The normalized spacial score (nSPS) is 20.1. The summed E-state index contributed by atoms with van der Waals surface area (Å²) in [5, 5.41) is 6.62. The summed E-state index contributed by atoms with van der Waals surface area (Å²) < 4.78 is 51.3. The van der Waals surface area contributed by atoms with E-state index >= 15 is 0 Å². The fraction of sp³-hybridized carbons (Fsp3) is 0.348. The number of carbonyl (C=O) groups is 1. The van der Waals surface area contributed by atoms with Crippen LogP contribution in [-0.2, 0) is 14.8 Å². The van der Waals surface area contributed by atoms with Gasteiger partial charge >= 0.3 is 0 Å². The summed E-state index contributed by atoms with van der Waals surface area (Å²) in [5.74, 6) is -0.340. The molecule has 1 amide bonds. The van der Waals surface area contributed by atoms with Crippen LogP contribution in [0.15, 0.2) is 57.9 Å². The lowest BCUT2D eigenvalue weighted by molar-refractivity contribution is -0.0440. The molecular formula is C23H25FN4O5S. The molecule has 0 saturated carbocycles. The molecule has 1 aliphatic rings. The van der Waals surface area contributed by atoms with E-state index in [1.54, 1.807) is 6.92 Å². The van der Waals surface area contributed by atoms with E-state index in [9.17, 15) is 17.6 Å². The molecule has 0 aliphatic carbocycles. The minimum absolute atomic E-state index is 0.110. The van der Waals surface area contributed by atoms with Crippen molar-refractivity contribution in [1.29, 1.82) is 0 Å². The monoisotopic (exact) mass is 488 g/mol. The quantitative estimate of drug-likeness (QED) is 0.567. The topological polar surface area (TPSA) is 115 Å². The number of amides is 1. The van der Waals surface area contributed by atoms with E-state index in [0.29, 0.717) is 5.56 Å². The first-order valence-electron chi connectivity index (χ1n) is 10.8. The first-order valence-corrected chi connectivity index (χ1v) is 12.2. The van der Waals surface area contributed by atoms with Crippen LogP contribution in [0.5, 0.6) is 0 Å². The van der Waals surface area contributed by atoms with E-state index in [1.807, 2.05) is 13.8 Å². The third kappa shape index (κ3) is 5.16. The zero-order valence-electron chi connectivity index (χ0n) is 18.9. The number of morpholine rings is 1. The second-order valence-corrected chi connectivity index (χ2v) is 10.2. The van der Waals surface area contributed by atoms with Gasteiger partial charge in [-0.25, -0.2) is 12.8 Å². The van der Waals surface area contributed by atoms with Gasteiger partial charge in [-0.1, -0.05) is 5.16 Å². The highest BCUT2D eigenvalue weighted by molar-refractivity contribution is 7.89. The fourth-order valence-corrected chi connectivity index (χ4v) is 5.31. The van der Waals surface area contributed by atoms with Gasteiger partial charge in [0, 0.05) is 24.2 Å². The Balaban J connectivity index is 1.42. The largest absolute Gasteiger partial charge is 0.373 e. The van der Waals surface area contributed by atoms with Gasteiger partial charge in [-0.15, -0.1) is 0 Å². The maximum Gasteiger partial charge on any atom is 0.251 e. The first-order chi connectivity index (χ1) is 16.1. The third-order valence-electron chi connectivity index (χ3n) is 5.40. The van der Waals surface area contributed by atoms with Crippen molar-refractivity contribution in [2.45, 2.75) is 43.9 Å². The number of sulfonamides is 1. The second-order valence-electron chi connectivity index (χ2n) is 8.26. The van der Waals surface area contributed by atoms with Gasteiger partial charge in [0.15, 0.2) is 0 Å². The highest BCUT2D eigenvalue weighted by Gasteiger charge is 2.32. The molecule has 11 heteroatoms. The fourth-order valence-electron chi connectivity index (χ4n) is 3.72. The second kappa shape index (κ2) is 9.61. The van der Waals surface area contributed by atoms with Crippen molar-refractivity contribution in [1.82, 2.24) is 19.8 Å². The standard InChI is InChI=1S/C23H25FN4O5S/c1-14-12-28(13-15(2)32-14)34(30,31)20-10-6-18(7-11-20)22(29)25-16(3)23-26-21(27-33-23)17-4-8-19(24)9-5-17/h4-11,14-16H,12-13H2,1-3H3,(H,25,29). The predicted octanol–water partition coefficient (Wildman–Crippen LogP) is 3.16. The van der Waals surface area contributed by atoms with Crippen LogP contribution >= 0.6 is 0 Å². The Morgan fingerprint density at radius 1 is 1.09 bits per heavy atom. The lowest BCUT2D eigenvalue weighted by Crippen LogP contribution is -2.48. The van der Waals surface area contributed by atoms with E-state index in [4.69, 9.17) is 9.26 Å². The molecule has 180 valence electrons. The number of ether oxygens (including phenoxy) is 1. The Morgan fingerprint density at radius 3 is 2.32 bits per heavy atom. The molecule has 1 fully saturated rings. The minimum Gasteiger partial charge on any atom is -0.373 e. The summed E-state index contributed by atoms with van der Waals surface area (Å²) in [4.78, 5) is 17.0. The van der Waals surface area contributed by atoms with Gasteiger partial charge in [0.2, 0.25) is 21.7 Å². The molecule has 0 spiro atoms. The molecule has 3 atom stereocenters. The molecule has 0 bridgehead atoms. The molecule has 9 nitrogen and oxygen atoms in total. The Kier molecular flexibility index (Phi) is 6.78. The van der Waals surface area contributed by atoms with Crippen LogP contribution in [0.4, 0.5) is 4.39 Å². The van der Waals surface area contributed by atoms with Crippen molar-refractivity contribution < 1.29 is 26.9 Å². The summed E-state index contributed by atoms with van der Waals surface area (Å²) in [7, 11) is -3.70. The Labute approximate surface area is 197 Å². The van der Waals surface area contributed by atoms with Crippen LogP contribution in [0.25, 0.3) is 11.4 Å². The summed E-state index contributed by atoms with van der Waals surface area (Å²) in [5.41, 5.74) is 0.864. The van der Waals surface area contributed by atoms with Gasteiger partial charge in [0.05, 0.1) is 17.1 Å². The van der Waals surface area contributed by atoms with Crippen molar-refractivity contribution in [2.75, 3.05) is 13.1 Å². The molecule has 4 rings (SSSR count). The molecule has 0 radical (unpaired) electrons. The van der Waals surface area contributed by atoms with Crippen molar-refractivity contribution in [2.24, 2.45) is 0 Å². The molecule has 1 aliphatic heterocycles. The van der Waals surface area contributed by atoms with Gasteiger partial charge in [-0.2, -0.15) is 9.29 Å². The molecule has 3 aromatic rings. The molecule has 1 aromatic heterocycles. The van der Waals surface area contributed by atoms with Crippen molar-refractivity contribution in [3.8, 4) is 11.4 Å². The number of nitrogens with one attached hydrogen (secondary N) is 1. The van der Waals surface area contributed by atoms with Gasteiger partial charge in [-0.3, -0.25) is 4.79 Å². The Morgan fingerprint density at radius 2 is 1.71 bits per heavy atom. The van der Waals surface area contributed by atoms with Crippen LogP contribution in [-0.4, -0.2) is 54.1 Å². The zero-order chi connectivity index (χ0) is 24.5. The SMILES string of the molecule is CC1CN(S(=O)(=O)c2ccc(C(=O)NC(C)c3nc(-c4ccc(F)cc4)no3)cc2)CC(C)O1. The maximum absolute atomic E-state index is 13.1. The molecule has 3 unspecified atom stereocenters. The van der Waals surface area contributed by atoms with Crippen LogP contribution in [0.2, 0.25) is 0 Å². The van der Waals surface area contributed by atoms with Gasteiger partial charge < -0.3 is 14.6 Å². The van der Waals surface area contributed by atoms with Gasteiger partial charge in [0.1, 0.15) is 11.9 Å². The summed E-state index contributed by atoms with van der Waals surface area (Å²) >= 11 is 0. The lowest BCUT2D eigenvalue weighted by atomic mass is 10.2. The number of hydrogen-bond donors (Lipinski definition) is 1. The molecule has 1 saturated heterocycles. The highest BCUT2D eigenvalue weighted by Crippen LogP contribution is 2.22. The minimum atomic E-state index is -3.70. The number of rotatable bonds is 6. The smallest absolute Gasteiger partial charge is 0.251 e. The van der Waals surface area contributed by atoms with Crippen LogP contribution in [0.1, 0.15) is 43.1 Å². The van der Waals surface area contributed by atoms with Crippen molar-refractivity contribution in [3.05, 3.63) is 65.8 Å². The van der Waals surface area contributed by atoms with E-state index in [-0.39, 0.29) is 53.3 Å². The average molecular weight is 489 g/mol.